The molecule has 1 aliphatic carbocycles. The summed E-state index contributed by atoms with van der Waals surface area (Å²) >= 11 is 0. The molecular formula is C21H35N. The largest absolute Gasteiger partial charge is 0.361 e. The van der Waals surface area contributed by atoms with Crippen molar-refractivity contribution in [1.29, 1.82) is 0 Å². The molecule has 124 valence electrons. The fourth-order valence-corrected chi connectivity index (χ4v) is 3.85. The number of nitrogens with zero attached hydrogens (tertiary/aromatic N) is 1. The van der Waals surface area contributed by atoms with Gasteiger partial charge in [-0.2, -0.15) is 0 Å². The van der Waals surface area contributed by atoms with Gasteiger partial charge in [0, 0.05) is 26.4 Å². The van der Waals surface area contributed by atoms with E-state index in [1.54, 1.807) is 12.1 Å². The van der Waals surface area contributed by atoms with Gasteiger partial charge in [-0.25, -0.2) is 0 Å². The van der Waals surface area contributed by atoms with Gasteiger partial charge in [0.05, 0.1) is 0 Å². The highest BCUT2D eigenvalue weighted by atomic mass is 15.2. The summed E-state index contributed by atoms with van der Waals surface area (Å²) in [5.41, 5.74) is -0.180. The predicted octanol–water partition coefficient (Wildman–Crippen LogP) is 6.36. The van der Waals surface area contributed by atoms with Crippen LogP contribution in [0.4, 0.5) is 5.69 Å². The molecule has 1 aliphatic rings. The first kappa shape index (κ1) is 10.0. The molecule has 2 rings (SSSR count). The van der Waals surface area contributed by atoms with Gasteiger partial charge in [0.1, 0.15) is 0 Å². The topological polar surface area (TPSA) is 3.24 Å². The van der Waals surface area contributed by atoms with E-state index in [-0.39, 0.29) is 16.8 Å². The Morgan fingerprint density at radius 2 is 1.41 bits per heavy atom. The van der Waals surface area contributed by atoms with Crippen LogP contribution in [-0.4, -0.2) is 11.1 Å². The summed E-state index contributed by atoms with van der Waals surface area (Å²) in [5, 5.41) is 0. The highest BCUT2D eigenvalue weighted by Gasteiger charge is 2.33. The van der Waals surface area contributed by atoms with Gasteiger partial charge < -0.3 is 4.90 Å². The van der Waals surface area contributed by atoms with Crippen molar-refractivity contribution >= 4 is 5.69 Å². The number of anilines is 1. The molecule has 0 heterocycles. The maximum atomic E-state index is 8.87. The molecule has 0 amide bonds. The molecule has 1 aromatic carbocycles. The molecule has 0 aliphatic heterocycles. The quantitative estimate of drug-likeness (QED) is 0.614. The summed E-state index contributed by atoms with van der Waals surface area (Å²) < 4.78 is 58.1. The zero-order chi connectivity index (χ0) is 22.6. The average Bonchev–Trinajstić information content (AvgIpc) is 2.90. The van der Waals surface area contributed by atoms with Gasteiger partial charge in [0.15, 0.2) is 0 Å². The first-order chi connectivity index (χ1) is 12.8. The molecule has 1 heteroatoms. The van der Waals surface area contributed by atoms with Crippen molar-refractivity contribution in [2.24, 2.45) is 0 Å². The van der Waals surface area contributed by atoms with Gasteiger partial charge in [0.25, 0.3) is 0 Å². The first-order valence-electron chi connectivity index (χ1n) is 11.8. The van der Waals surface area contributed by atoms with E-state index in [2.05, 4.69) is 0 Å². The molecule has 0 atom stereocenters. The summed E-state index contributed by atoms with van der Waals surface area (Å²) in [5.74, 6) is -0.924. The normalized spacial score (nSPS) is 24.4. The van der Waals surface area contributed by atoms with Crippen LogP contribution < -0.4 is 4.90 Å². The summed E-state index contributed by atoms with van der Waals surface area (Å²) in [6.45, 7) is 6.78. The van der Waals surface area contributed by atoms with E-state index in [0.29, 0.717) is 18.4 Å². The number of rotatable bonds is 2. The summed E-state index contributed by atoms with van der Waals surface area (Å²) in [6.07, 6.45) is 3.03. The van der Waals surface area contributed by atoms with Crippen LogP contribution in [0, 0.1) is 13.7 Å². The highest BCUT2D eigenvalue weighted by Crippen LogP contribution is 2.41. The monoisotopic (exact) mass is 308 g/mol. The van der Waals surface area contributed by atoms with Gasteiger partial charge >= 0.3 is 0 Å². The molecule has 22 heavy (non-hydrogen) atoms. The van der Waals surface area contributed by atoms with E-state index in [1.807, 2.05) is 46.4 Å². The van der Waals surface area contributed by atoms with Crippen LogP contribution in [0.5, 0.6) is 0 Å². The zero-order valence-corrected chi connectivity index (χ0v) is 14.9. The smallest absolute Gasteiger partial charge is 0.0434 e. The molecule has 1 saturated carbocycles. The van der Waals surface area contributed by atoms with Gasteiger partial charge in [-0.15, -0.1) is 0 Å². The third kappa shape index (κ3) is 3.50. The zero-order valence-electron chi connectivity index (χ0n) is 21.9. The van der Waals surface area contributed by atoms with E-state index in [4.69, 9.17) is 9.60 Å². The molecule has 0 saturated heterocycles. The molecule has 1 fully saturated rings. The van der Waals surface area contributed by atoms with Crippen molar-refractivity contribution in [3.8, 4) is 0 Å². The van der Waals surface area contributed by atoms with Crippen LogP contribution in [0.3, 0.4) is 0 Å². The van der Waals surface area contributed by atoms with E-state index < -0.39 is 30.7 Å². The number of hydrogen-bond donors (Lipinski definition) is 0. The maximum absolute atomic E-state index is 8.87. The van der Waals surface area contributed by atoms with Gasteiger partial charge in [-0.3, -0.25) is 0 Å². The second-order valence-corrected chi connectivity index (χ2v) is 8.41. The molecule has 0 aromatic heterocycles. The minimum atomic E-state index is -2.49. The lowest BCUT2D eigenvalue weighted by molar-refractivity contribution is 0.379. The van der Waals surface area contributed by atoms with E-state index >= 15 is 0 Å². The molecule has 1 nitrogen and oxygen atoms in total. The summed E-state index contributed by atoms with van der Waals surface area (Å²) in [7, 11) is 0. The SMILES string of the molecule is [2H]C([2H])([2H])c1cc(C2([2H])CCCC2)cc(C([2H])([2H])[2H])c1N(C(C)(C)C)C(C)(C)C. The maximum Gasteiger partial charge on any atom is 0.0434 e. The van der Waals surface area contributed by atoms with E-state index in [9.17, 15) is 0 Å². The average molecular weight is 309 g/mol. The first-order valence-corrected chi connectivity index (χ1v) is 8.28. The third-order valence-electron chi connectivity index (χ3n) is 4.29. The third-order valence-corrected chi connectivity index (χ3v) is 4.29. The van der Waals surface area contributed by atoms with Crippen molar-refractivity contribution < 1.29 is 9.60 Å². The number of aryl methyl sites for hydroxylation is 2. The van der Waals surface area contributed by atoms with E-state index in [1.165, 1.54) is 0 Å². The predicted molar refractivity (Wildman–Crippen MR) is 99.1 cm³/mol. The molecule has 1 aromatic rings. The molecule has 0 spiro atoms. The Bertz CT molecular complexity index is 693. The fraction of sp³-hybridized carbons (Fsp3) is 0.714. The lowest BCUT2D eigenvalue weighted by Gasteiger charge is -2.49. The Labute approximate surface area is 147 Å². The molecular weight excluding hydrogens is 266 g/mol. The van der Waals surface area contributed by atoms with Crippen LogP contribution in [0.15, 0.2) is 12.1 Å². The fourth-order valence-electron chi connectivity index (χ4n) is 3.85. The molecule has 0 unspecified atom stereocenters. The van der Waals surface area contributed by atoms with Crippen molar-refractivity contribution in [1.82, 2.24) is 0 Å². The molecule has 0 bridgehead atoms. The van der Waals surface area contributed by atoms with Gasteiger partial charge in [0.2, 0.25) is 0 Å². The Morgan fingerprint density at radius 3 is 1.77 bits per heavy atom. The Balaban J connectivity index is 2.98. The standard InChI is InChI=1S/C21H35N/c1-15-13-18(17-11-9-10-12-17)14-16(2)19(15)22(20(3,4)5)21(6,7)8/h13-14,17H,9-12H2,1-8H3/i1D3,2D3,17D. The molecule has 0 radical (unpaired) electrons. The van der Waals surface area contributed by atoms with E-state index in [0.717, 1.165) is 12.8 Å². The van der Waals surface area contributed by atoms with Crippen molar-refractivity contribution in [3.63, 3.8) is 0 Å². The Hall–Kier alpha value is -0.980. The van der Waals surface area contributed by atoms with Crippen LogP contribution in [-0.2, 0) is 0 Å². The van der Waals surface area contributed by atoms with Crippen molar-refractivity contribution in [3.05, 3.63) is 28.8 Å². The minimum Gasteiger partial charge on any atom is -0.361 e. The highest BCUT2D eigenvalue weighted by molar-refractivity contribution is 5.63. The second-order valence-electron chi connectivity index (χ2n) is 8.41. The van der Waals surface area contributed by atoms with Crippen LogP contribution in [0.25, 0.3) is 0 Å². The lowest BCUT2D eigenvalue weighted by Crippen LogP contribution is -2.53. The minimum absolute atomic E-state index is 0.0319. The number of hydrogen-bond acceptors (Lipinski definition) is 1. The van der Waals surface area contributed by atoms with Crippen molar-refractivity contribution in [2.45, 2.75) is 97.9 Å². The second kappa shape index (κ2) is 5.91. The van der Waals surface area contributed by atoms with Crippen molar-refractivity contribution in [2.75, 3.05) is 4.90 Å². The van der Waals surface area contributed by atoms with Crippen LogP contribution >= 0.6 is 0 Å². The lowest BCUT2D eigenvalue weighted by atomic mass is 9.89. The van der Waals surface area contributed by atoms with Crippen LogP contribution in [0.2, 0.25) is 0 Å². The van der Waals surface area contributed by atoms with Gasteiger partial charge in [-0.1, -0.05) is 25.0 Å². The Morgan fingerprint density at radius 1 is 0.955 bits per heavy atom. The molecule has 0 N–H and O–H groups in total. The van der Waals surface area contributed by atoms with Gasteiger partial charge in [-0.05, 0) is 90.7 Å². The Kier molecular flexibility index (Phi) is 2.69. The summed E-state index contributed by atoms with van der Waals surface area (Å²) in [6, 6.07) is 3.17. The number of benzene rings is 1. The van der Waals surface area contributed by atoms with Crippen LogP contribution in [0.1, 0.15) is 99.4 Å². The summed E-state index contributed by atoms with van der Waals surface area (Å²) in [4.78, 5) is 1.92.